The number of carbonyl (C=O) groups excluding carboxylic acids is 13. The van der Waals surface area contributed by atoms with Crippen molar-refractivity contribution in [3.8, 4) is 17.2 Å². The third-order valence-electron chi connectivity index (χ3n) is 26.3. The Kier molecular flexibility index (Phi) is 54.7. The Morgan fingerprint density at radius 2 is 0.669 bits per heavy atom. The first kappa shape index (κ1) is 114. The number of Topliss-reactive ketones (excluding diaryl/α,β-unsaturated/α-hetero) is 2. The molecule has 746 valence electrons. The van der Waals surface area contributed by atoms with Crippen LogP contribution in [0.3, 0.4) is 0 Å². The van der Waals surface area contributed by atoms with E-state index in [9.17, 15) is 62.3 Å². The number of likely N-dealkylation sites (tertiary alicyclic amines) is 4. The molecule has 3 aromatic carbocycles. The summed E-state index contributed by atoms with van der Waals surface area (Å²) in [7, 11) is 0. The summed E-state index contributed by atoms with van der Waals surface area (Å²) >= 11 is 0. The average molecular weight is 1860 g/mol. The van der Waals surface area contributed by atoms with Crippen molar-refractivity contribution in [1.29, 1.82) is 0 Å². The summed E-state index contributed by atoms with van der Waals surface area (Å²) < 4.78 is 55.9. The van der Waals surface area contributed by atoms with Crippen molar-refractivity contribution < 1.29 is 110 Å². The second-order valence-corrected chi connectivity index (χ2v) is 37.6. The molecule has 0 radical (unpaired) electrons. The van der Waals surface area contributed by atoms with Crippen LogP contribution in [0.4, 0.5) is 0 Å². The van der Waals surface area contributed by atoms with E-state index in [1.54, 1.807) is 38.1 Å². The SMILES string of the molecule is C.CCCCC(=O)C(C)CC(CCC(=O)OCCOc1ccccc1)(CCC(=O)OCCOc1ccccc1)C(=O)OCCOC(=O)C(C)(C)CCCC(CCCC(CC)N1CCCC1=O)N1CCCCCC1=O.CCCCC(=O)C(C)CC(CCC(=O)OCCOc1ccccc1)C(=O)OCCOC(=O)C(C)(C)CCCC(CCCC(CC)N1CCCC1=O)N1CCCCCC1=O. The summed E-state index contributed by atoms with van der Waals surface area (Å²) in [6.45, 7) is 22.0. The zero-order valence-corrected chi connectivity index (χ0v) is 81.6. The summed E-state index contributed by atoms with van der Waals surface area (Å²) in [5, 5.41) is 0. The van der Waals surface area contributed by atoms with Gasteiger partial charge in [0.05, 0.1) is 22.2 Å². The Morgan fingerprint density at radius 3 is 1.05 bits per heavy atom. The van der Waals surface area contributed by atoms with Gasteiger partial charge in [-0.3, -0.25) is 62.3 Å². The molecule has 0 bridgehead atoms. The monoisotopic (exact) mass is 1860 g/mol. The number of esters is 7. The van der Waals surface area contributed by atoms with Crippen LogP contribution in [-0.2, 0) is 95.5 Å². The van der Waals surface area contributed by atoms with Gasteiger partial charge in [0.1, 0.15) is 94.9 Å². The number of ketones is 2. The summed E-state index contributed by atoms with van der Waals surface area (Å²) in [6.07, 6.45) is 25.1. The van der Waals surface area contributed by atoms with E-state index >= 15 is 0 Å². The van der Waals surface area contributed by atoms with Crippen molar-refractivity contribution >= 4 is 77.0 Å². The molecule has 4 saturated heterocycles. The molecule has 7 rings (SSSR count). The molecule has 7 unspecified atom stereocenters. The Bertz CT molecular complexity index is 3870. The molecule has 27 heteroatoms. The van der Waals surface area contributed by atoms with Crippen molar-refractivity contribution in [1.82, 2.24) is 19.6 Å². The maximum Gasteiger partial charge on any atom is 0.312 e. The molecular weight excluding hydrogens is 1700 g/mol. The number of benzene rings is 3. The molecular formula is C106H164N4O23. The fourth-order valence-corrected chi connectivity index (χ4v) is 18.2. The summed E-state index contributed by atoms with van der Waals surface area (Å²) in [5.41, 5.74) is -3.14. The third kappa shape index (κ3) is 43.0. The van der Waals surface area contributed by atoms with Crippen molar-refractivity contribution in [2.24, 2.45) is 34.0 Å². The van der Waals surface area contributed by atoms with Crippen molar-refractivity contribution in [3.63, 3.8) is 0 Å². The highest BCUT2D eigenvalue weighted by atomic mass is 16.6. The molecule has 7 atom stereocenters. The summed E-state index contributed by atoms with van der Waals surface area (Å²) in [4.78, 5) is 179. The number of unbranched alkanes of at least 4 members (excludes halogenated alkanes) is 2. The van der Waals surface area contributed by atoms with Gasteiger partial charge in [-0.25, -0.2) is 0 Å². The minimum Gasteiger partial charge on any atom is -0.490 e. The predicted molar refractivity (Wildman–Crippen MR) is 510 cm³/mol. The van der Waals surface area contributed by atoms with Crippen LogP contribution in [0.1, 0.15) is 333 Å². The largest absolute Gasteiger partial charge is 0.490 e. The fraction of sp³-hybridized carbons (Fsp3) is 0.708. The topological polar surface area (TPSA) is 327 Å². The normalized spacial score (nSPS) is 16.0. The summed E-state index contributed by atoms with van der Waals surface area (Å²) in [5.74, 6) is -2.55. The number of hydrogen-bond acceptors (Lipinski definition) is 23. The van der Waals surface area contributed by atoms with Gasteiger partial charge in [-0.05, 0) is 225 Å². The van der Waals surface area contributed by atoms with Crippen LogP contribution in [0, 0.1) is 34.0 Å². The van der Waals surface area contributed by atoms with Gasteiger partial charge in [0, 0.05) is 120 Å². The number of amides is 4. The number of hydrogen-bond donors (Lipinski definition) is 0. The Hall–Kier alpha value is -9.43. The van der Waals surface area contributed by atoms with Gasteiger partial charge >= 0.3 is 41.8 Å². The maximum absolute atomic E-state index is 14.5. The number of carbonyl (C=O) groups is 13. The lowest BCUT2D eigenvalue weighted by Crippen LogP contribution is -2.41. The van der Waals surface area contributed by atoms with Crippen LogP contribution < -0.4 is 14.2 Å². The number of ether oxygens (including phenoxy) is 10. The quantitative estimate of drug-likeness (QED) is 0.0288. The Balaban J connectivity index is 0.000000477. The standard InChI is InChI=1S/C58H86N2O13.C47H74N2O10.CH4/c1-6-8-28-50(61)45(3)44-58(34-31-53(64)70-40-38-68-48-24-12-9-13-25-48,35-32-54(65)71-41-39-69-49-26-14-10-15-27-49)56(67)73-43-42-72-55(66)57(4,5)33-19-23-47(60-36-17-11-16-29-51(60)62)22-18-21-46(7-2)59-37-20-30-52(59)63;1-6-8-23-41(50)36(3)35-37(26-27-44(53)57-32-31-56-40-21-11-9-12-22-40)45(54)58-33-34-59-46(55)47(4,5)28-16-20-39(49-29-14-10-13-24-42(49)51)19-15-18-38(7-2)48-30-17-25-43(48)52;/h9-10,12-15,24-27,45-47H,6-8,11,16-23,28-44H2,1-5H3;9,11-12,21-22,36-39H,6-8,10,13-20,23-35H2,1-5H3;1H4. The average Bonchev–Trinajstić information content (AvgIpc) is 1.56. The third-order valence-corrected chi connectivity index (χ3v) is 26.3. The molecule has 4 aliphatic heterocycles. The highest BCUT2D eigenvalue weighted by Gasteiger charge is 2.44. The van der Waals surface area contributed by atoms with Gasteiger partial charge < -0.3 is 67.0 Å². The van der Waals surface area contributed by atoms with Crippen LogP contribution in [0.25, 0.3) is 0 Å². The first-order valence-corrected chi connectivity index (χ1v) is 50.0. The number of nitrogens with zero attached hydrogens (tertiary/aromatic N) is 4. The van der Waals surface area contributed by atoms with Gasteiger partial charge in [-0.2, -0.15) is 0 Å². The highest BCUT2D eigenvalue weighted by molar-refractivity contribution is 5.85. The van der Waals surface area contributed by atoms with E-state index in [2.05, 4.69) is 23.6 Å². The fourth-order valence-electron chi connectivity index (χ4n) is 18.2. The van der Waals surface area contributed by atoms with Crippen LogP contribution in [0.2, 0.25) is 0 Å². The van der Waals surface area contributed by atoms with Gasteiger partial charge in [-0.1, -0.05) is 142 Å². The van der Waals surface area contributed by atoms with Crippen molar-refractivity contribution in [2.75, 3.05) is 92.2 Å². The van der Waals surface area contributed by atoms with E-state index in [4.69, 9.17) is 47.4 Å². The van der Waals surface area contributed by atoms with Crippen LogP contribution in [0.15, 0.2) is 91.0 Å². The predicted octanol–water partition coefficient (Wildman–Crippen LogP) is 19.2. The molecule has 133 heavy (non-hydrogen) atoms. The lowest BCUT2D eigenvalue weighted by Gasteiger charge is -2.33. The zero-order valence-electron chi connectivity index (χ0n) is 81.6. The molecule has 0 saturated carbocycles. The van der Waals surface area contributed by atoms with E-state index in [1.165, 1.54) is 0 Å². The van der Waals surface area contributed by atoms with Crippen molar-refractivity contribution in [3.05, 3.63) is 91.0 Å². The first-order chi connectivity index (χ1) is 63.5. The molecule has 4 aliphatic rings. The maximum atomic E-state index is 14.5. The second kappa shape index (κ2) is 63.7. The van der Waals surface area contributed by atoms with Gasteiger partial charge in [0.25, 0.3) is 0 Å². The molecule has 0 spiro atoms. The molecule has 0 N–H and O–H groups in total. The second-order valence-electron chi connectivity index (χ2n) is 37.6. The van der Waals surface area contributed by atoms with E-state index in [0.717, 1.165) is 167 Å². The van der Waals surface area contributed by atoms with E-state index < -0.39 is 63.9 Å². The molecule has 4 amide bonds. The molecule has 0 aromatic heterocycles. The lowest BCUT2D eigenvalue weighted by atomic mass is 9.71. The zero-order chi connectivity index (χ0) is 95.9. The van der Waals surface area contributed by atoms with Gasteiger partial charge in [0.2, 0.25) is 23.6 Å². The van der Waals surface area contributed by atoms with Crippen LogP contribution in [0.5, 0.6) is 17.2 Å². The summed E-state index contributed by atoms with van der Waals surface area (Å²) in [6, 6.07) is 28.0. The minimum atomic E-state index is -1.47. The number of para-hydroxylation sites is 3. The molecule has 3 aromatic rings. The highest BCUT2D eigenvalue weighted by Crippen LogP contribution is 2.41. The lowest BCUT2D eigenvalue weighted by molar-refractivity contribution is -0.167. The minimum absolute atomic E-state index is 0. The molecule has 4 fully saturated rings. The van der Waals surface area contributed by atoms with Gasteiger partial charge in [0.15, 0.2) is 0 Å². The van der Waals surface area contributed by atoms with E-state index in [0.29, 0.717) is 81.5 Å². The molecule has 4 heterocycles. The van der Waals surface area contributed by atoms with Crippen LogP contribution in [-0.4, -0.2) is 213 Å². The molecule has 0 aliphatic carbocycles. The number of rotatable bonds is 65. The van der Waals surface area contributed by atoms with Gasteiger partial charge in [-0.15, -0.1) is 0 Å². The van der Waals surface area contributed by atoms with Crippen LogP contribution >= 0.6 is 0 Å². The first-order valence-electron chi connectivity index (χ1n) is 50.0. The Morgan fingerprint density at radius 1 is 0.338 bits per heavy atom. The smallest absolute Gasteiger partial charge is 0.312 e. The Labute approximate surface area is 794 Å². The van der Waals surface area contributed by atoms with Crippen molar-refractivity contribution in [2.45, 2.75) is 358 Å². The van der Waals surface area contributed by atoms with E-state index in [1.807, 2.05) is 118 Å². The molecule has 27 nitrogen and oxygen atoms in total. The van der Waals surface area contributed by atoms with E-state index in [-0.39, 0.29) is 196 Å².